The van der Waals surface area contributed by atoms with Gasteiger partial charge in [0.1, 0.15) is 12.4 Å². The number of benzene rings is 2. The molecule has 1 aliphatic carbocycles. The molecular formula is C25H27F3N2O3. The van der Waals surface area contributed by atoms with Crippen LogP contribution in [0.15, 0.2) is 42.5 Å². The fourth-order valence-corrected chi connectivity index (χ4v) is 4.45. The van der Waals surface area contributed by atoms with Crippen molar-refractivity contribution in [2.75, 3.05) is 26.2 Å². The highest BCUT2D eigenvalue weighted by Gasteiger charge is 2.31. The van der Waals surface area contributed by atoms with Gasteiger partial charge in [-0.15, -0.1) is 0 Å². The average Bonchev–Trinajstić information content (AvgIpc) is 3.29. The Labute approximate surface area is 190 Å². The van der Waals surface area contributed by atoms with Crippen LogP contribution in [-0.4, -0.2) is 43.0 Å². The number of ether oxygens (including phenoxy) is 1. The highest BCUT2D eigenvalue weighted by Crippen LogP contribution is 2.29. The largest absolute Gasteiger partial charge is 0.492 e. The molecule has 5 nitrogen and oxygen atoms in total. The summed E-state index contributed by atoms with van der Waals surface area (Å²) in [5, 5.41) is 2.90. The maximum Gasteiger partial charge on any atom is 0.416 e. The van der Waals surface area contributed by atoms with Crippen molar-refractivity contribution in [3.63, 3.8) is 0 Å². The van der Waals surface area contributed by atoms with Gasteiger partial charge in [-0.2, -0.15) is 13.2 Å². The molecule has 0 spiro atoms. The van der Waals surface area contributed by atoms with Gasteiger partial charge in [-0.3, -0.25) is 9.59 Å². The fraction of sp³-hybridized carbons (Fsp3) is 0.440. The lowest BCUT2D eigenvalue weighted by Gasteiger charge is -2.31. The number of rotatable bonds is 6. The first-order valence-corrected chi connectivity index (χ1v) is 11.3. The molecule has 2 amide bonds. The number of piperidine rings is 1. The molecule has 0 radical (unpaired) electrons. The first-order chi connectivity index (χ1) is 15.8. The van der Waals surface area contributed by atoms with Gasteiger partial charge >= 0.3 is 6.18 Å². The number of halogens is 3. The van der Waals surface area contributed by atoms with E-state index in [4.69, 9.17) is 4.74 Å². The number of nitrogens with one attached hydrogen (secondary N) is 1. The standard InChI is InChI=1S/C25H27F3N2O3/c26-25(27,28)21-7-4-19(5-8-21)24(32)30-13-10-18(11-14-30)23(31)29-12-15-33-22-9-6-17-2-1-3-20(17)16-22/h4-9,16,18H,1-3,10-15H2,(H,29,31). The third-order valence-corrected chi connectivity index (χ3v) is 6.35. The Morgan fingerprint density at radius 2 is 1.70 bits per heavy atom. The summed E-state index contributed by atoms with van der Waals surface area (Å²) in [4.78, 5) is 26.6. The van der Waals surface area contributed by atoms with Gasteiger partial charge < -0.3 is 15.0 Å². The summed E-state index contributed by atoms with van der Waals surface area (Å²) in [5.41, 5.74) is 2.16. The second-order valence-corrected chi connectivity index (χ2v) is 8.57. The highest BCUT2D eigenvalue weighted by atomic mass is 19.4. The first kappa shape index (κ1) is 23.1. The molecule has 1 aliphatic heterocycles. The fourth-order valence-electron chi connectivity index (χ4n) is 4.45. The van der Waals surface area contributed by atoms with Crippen LogP contribution in [0.1, 0.15) is 46.3 Å². The van der Waals surface area contributed by atoms with Crippen LogP contribution in [-0.2, 0) is 23.8 Å². The molecule has 0 aromatic heterocycles. The van der Waals surface area contributed by atoms with E-state index >= 15 is 0 Å². The summed E-state index contributed by atoms with van der Waals surface area (Å²) in [6.07, 6.45) is 0.000557. The van der Waals surface area contributed by atoms with Crippen LogP contribution in [0, 0.1) is 5.92 Å². The summed E-state index contributed by atoms with van der Waals surface area (Å²) >= 11 is 0. The third kappa shape index (κ3) is 5.67. The third-order valence-electron chi connectivity index (χ3n) is 6.35. The molecule has 4 rings (SSSR count). The van der Waals surface area contributed by atoms with Crippen molar-refractivity contribution in [2.45, 2.75) is 38.3 Å². The van der Waals surface area contributed by atoms with Crippen molar-refractivity contribution in [3.05, 3.63) is 64.7 Å². The summed E-state index contributed by atoms with van der Waals surface area (Å²) in [7, 11) is 0. The predicted molar refractivity (Wildman–Crippen MR) is 117 cm³/mol. The number of carbonyl (C=O) groups excluding carboxylic acids is 2. The Morgan fingerprint density at radius 1 is 1.00 bits per heavy atom. The van der Waals surface area contributed by atoms with E-state index < -0.39 is 11.7 Å². The minimum atomic E-state index is -4.43. The molecule has 2 aromatic carbocycles. The summed E-state index contributed by atoms with van der Waals surface area (Å²) in [6, 6.07) is 10.4. The lowest BCUT2D eigenvalue weighted by Crippen LogP contribution is -2.43. The van der Waals surface area contributed by atoms with Crippen LogP contribution in [0.25, 0.3) is 0 Å². The minimum Gasteiger partial charge on any atom is -0.492 e. The molecule has 0 saturated carbocycles. The molecule has 1 N–H and O–H groups in total. The smallest absolute Gasteiger partial charge is 0.416 e. The van der Waals surface area contributed by atoms with E-state index in [0.717, 1.165) is 30.7 Å². The zero-order valence-corrected chi connectivity index (χ0v) is 18.3. The molecule has 0 unspecified atom stereocenters. The van der Waals surface area contributed by atoms with Gasteiger partial charge in [0.05, 0.1) is 12.1 Å². The summed E-state index contributed by atoms with van der Waals surface area (Å²) in [6.45, 7) is 1.57. The van der Waals surface area contributed by atoms with Crippen LogP contribution in [0.5, 0.6) is 5.75 Å². The van der Waals surface area contributed by atoms with Crippen molar-refractivity contribution in [3.8, 4) is 5.75 Å². The molecule has 8 heteroatoms. The van der Waals surface area contributed by atoms with E-state index in [0.29, 0.717) is 39.1 Å². The molecule has 176 valence electrons. The Hall–Kier alpha value is -3.03. The van der Waals surface area contributed by atoms with Crippen LogP contribution < -0.4 is 10.1 Å². The monoisotopic (exact) mass is 460 g/mol. The Bertz CT molecular complexity index is 997. The minimum absolute atomic E-state index is 0.0609. The zero-order valence-electron chi connectivity index (χ0n) is 18.3. The van der Waals surface area contributed by atoms with Crippen LogP contribution in [0.4, 0.5) is 13.2 Å². The quantitative estimate of drug-likeness (QED) is 0.656. The molecule has 0 bridgehead atoms. The van der Waals surface area contributed by atoms with E-state index in [2.05, 4.69) is 17.4 Å². The van der Waals surface area contributed by atoms with Gasteiger partial charge in [-0.05, 0) is 79.6 Å². The van der Waals surface area contributed by atoms with Gasteiger partial charge in [0.2, 0.25) is 5.91 Å². The molecule has 2 aromatic rings. The van der Waals surface area contributed by atoms with Crippen LogP contribution in [0.2, 0.25) is 0 Å². The molecular weight excluding hydrogens is 433 g/mol. The maximum atomic E-state index is 12.7. The van der Waals surface area contributed by atoms with E-state index in [9.17, 15) is 22.8 Å². The topological polar surface area (TPSA) is 58.6 Å². The molecule has 1 fully saturated rings. The number of fused-ring (bicyclic) bond motifs is 1. The Balaban J connectivity index is 1.18. The maximum absolute atomic E-state index is 12.7. The van der Waals surface area contributed by atoms with Crippen molar-refractivity contribution in [1.29, 1.82) is 0 Å². The second-order valence-electron chi connectivity index (χ2n) is 8.57. The van der Waals surface area contributed by atoms with Gasteiger partial charge in [0.15, 0.2) is 0 Å². The summed E-state index contributed by atoms with van der Waals surface area (Å²) in [5.74, 6) is 0.251. The molecule has 1 saturated heterocycles. The normalized spacial score (nSPS) is 16.4. The molecule has 1 heterocycles. The molecule has 0 atom stereocenters. The number of alkyl halides is 3. The van der Waals surface area contributed by atoms with Crippen molar-refractivity contribution in [1.82, 2.24) is 10.2 Å². The van der Waals surface area contributed by atoms with E-state index in [-0.39, 0.29) is 23.3 Å². The van der Waals surface area contributed by atoms with Crippen LogP contribution in [0.3, 0.4) is 0 Å². The number of hydrogen-bond acceptors (Lipinski definition) is 3. The average molecular weight is 460 g/mol. The van der Waals surface area contributed by atoms with E-state index in [1.165, 1.54) is 29.7 Å². The predicted octanol–water partition coefficient (Wildman–Crippen LogP) is 4.24. The van der Waals surface area contributed by atoms with Crippen molar-refractivity contribution >= 4 is 11.8 Å². The van der Waals surface area contributed by atoms with Gasteiger partial charge in [0.25, 0.3) is 5.91 Å². The van der Waals surface area contributed by atoms with Crippen molar-refractivity contribution in [2.24, 2.45) is 5.92 Å². The lowest BCUT2D eigenvalue weighted by atomic mass is 9.95. The van der Waals surface area contributed by atoms with Crippen LogP contribution >= 0.6 is 0 Å². The zero-order chi connectivity index (χ0) is 23.4. The lowest BCUT2D eigenvalue weighted by molar-refractivity contribution is -0.137. The number of aryl methyl sites for hydroxylation is 2. The SMILES string of the molecule is O=C(NCCOc1ccc2c(c1)CCC2)C1CCN(C(=O)c2ccc(C(F)(F)F)cc2)CC1. The number of amides is 2. The molecule has 2 aliphatic rings. The molecule has 33 heavy (non-hydrogen) atoms. The van der Waals surface area contributed by atoms with Gasteiger partial charge in [0, 0.05) is 24.6 Å². The van der Waals surface area contributed by atoms with E-state index in [1.807, 2.05) is 6.07 Å². The number of nitrogens with zero attached hydrogens (tertiary/aromatic N) is 1. The number of likely N-dealkylation sites (tertiary alicyclic amines) is 1. The Morgan fingerprint density at radius 3 is 2.39 bits per heavy atom. The number of hydrogen-bond donors (Lipinski definition) is 1. The Kier molecular flexibility index (Phi) is 6.91. The van der Waals surface area contributed by atoms with Crippen molar-refractivity contribution < 1.29 is 27.5 Å². The number of carbonyl (C=O) groups is 2. The summed E-state index contributed by atoms with van der Waals surface area (Å²) < 4.78 is 43.9. The van der Waals surface area contributed by atoms with Gasteiger partial charge in [-0.25, -0.2) is 0 Å². The van der Waals surface area contributed by atoms with Gasteiger partial charge in [-0.1, -0.05) is 6.07 Å². The second kappa shape index (κ2) is 9.85. The van der Waals surface area contributed by atoms with E-state index in [1.54, 1.807) is 4.90 Å². The first-order valence-electron chi connectivity index (χ1n) is 11.3. The highest BCUT2D eigenvalue weighted by molar-refractivity contribution is 5.94.